The van der Waals surface area contributed by atoms with Crippen molar-refractivity contribution in [2.24, 2.45) is 16.8 Å². The van der Waals surface area contributed by atoms with Gasteiger partial charge in [0.1, 0.15) is 11.3 Å². The molecule has 2 aliphatic heterocycles. The fourth-order valence-corrected chi connectivity index (χ4v) is 5.66. The Hall–Kier alpha value is -3.51. The zero-order chi connectivity index (χ0) is 24.2. The van der Waals surface area contributed by atoms with Crippen molar-refractivity contribution in [2.75, 3.05) is 13.1 Å². The Balaban J connectivity index is 1.20. The highest BCUT2D eigenvalue weighted by molar-refractivity contribution is 6.31. The van der Waals surface area contributed by atoms with Gasteiger partial charge in [-0.05, 0) is 59.6 Å². The number of hydrogen-bond acceptors (Lipinski definition) is 4. The predicted molar refractivity (Wildman–Crippen MR) is 142 cm³/mol. The van der Waals surface area contributed by atoms with E-state index in [1.165, 1.54) is 22.3 Å². The zero-order valence-corrected chi connectivity index (χ0v) is 20.7. The highest BCUT2D eigenvalue weighted by Gasteiger charge is 2.37. The summed E-state index contributed by atoms with van der Waals surface area (Å²) in [6, 6.07) is 17.0. The van der Waals surface area contributed by atoms with Gasteiger partial charge in [-0.1, -0.05) is 48.0 Å². The summed E-state index contributed by atoms with van der Waals surface area (Å²) in [5.41, 5.74) is 7.52. The van der Waals surface area contributed by atoms with Crippen LogP contribution in [-0.4, -0.2) is 44.6 Å². The molecular formula is C29H26ClN5O. The lowest BCUT2D eigenvalue weighted by Crippen LogP contribution is -2.30. The minimum Gasteiger partial charge on any atom is -0.342 e. The van der Waals surface area contributed by atoms with Gasteiger partial charge in [0.05, 0.1) is 11.6 Å². The third kappa shape index (κ3) is 3.90. The van der Waals surface area contributed by atoms with Gasteiger partial charge >= 0.3 is 0 Å². The van der Waals surface area contributed by atoms with Gasteiger partial charge < -0.3 is 9.47 Å². The molecule has 0 N–H and O–H groups in total. The summed E-state index contributed by atoms with van der Waals surface area (Å²) in [6.45, 7) is 3.19. The molecule has 4 heterocycles. The lowest BCUT2D eigenvalue weighted by molar-refractivity contribution is -0.131. The molecule has 0 radical (unpaired) electrons. The smallest absolute Gasteiger partial charge is 0.225 e. The molecule has 2 aromatic carbocycles. The van der Waals surface area contributed by atoms with E-state index in [0.29, 0.717) is 16.8 Å². The van der Waals surface area contributed by atoms with Crippen molar-refractivity contribution in [3.05, 3.63) is 70.9 Å². The van der Waals surface area contributed by atoms with E-state index >= 15 is 0 Å². The van der Waals surface area contributed by atoms with Crippen LogP contribution >= 0.6 is 11.6 Å². The second-order valence-corrected chi connectivity index (χ2v) is 10.7. The Morgan fingerprint density at radius 1 is 1.00 bits per heavy atom. The highest BCUT2D eigenvalue weighted by atomic mass is 35.5. The number of imidazole rings is 1. The van der Waals surface area contributed by atoms with Gasteiger partial charge in [0, 0.05) is 43.5 Å². The third-order valence-electron chi connectivity index (χ3n) is 7.63. The Bertz CT molecular complexity index is 1520. The minimum atomic E-state index is 0.272. The van der Waals surface area contributed by atoms with Gasteiger partial charge in [-0.15, -0.1) is 0 Å². The molecule has 180 valence electrons. The van der Waals surface area contributed by atoms with Crippen molar-refractivity contribution in [3.8, 4) is 22.5 Å². The summed E-state index contributed by atoms with van der Waals surface area (Å²) >= 11 is 6.25. The summed E-state index contributed by atoms with van der Waals surface area (Å²) in [7, 11) is 0. The molecule has 0 unspecified atom stereocenters. The summed E-state index contributed by atoms with van der Waals surface area (Å²) in [5, 5.41) is 0.580. The molecule has 1 amide bonds. The number of pyridine rings is 1. The maximum Gasteiger partial charge on any atom is 0.225 e. The van der Waals surface area contributed by atoms with Crippen molar-refractivity contribution in [2.45, 2.75) is 32.4 Å². The van der Waals surface area contributed by atoms with Crippen LogP contribution in [0.5, 0.6) is 0 Å². The number of nitrogens with zero attached hydrogens (tertiary/aromatic N) is 5. The number of benzene rings is 2. The molecule has 36 heavy (non-hydrogen) atoms. The SMILES string of the molecule is O=C(C1CC1)N1CC[C@@H](Cn2c(-c3ccc(-c4ccc5c(c4)CN=C5)cc3)nc3cc(Cl)cnc32)C1. The number of carbonyl (C=O) groups excluding carboxylic acids is 1. The van der Waals surface area contributed by atoms with Crippen LogP contribution in [-0.2, 0) is 17.9 Å². The molecule has 2 aromatic heterocycles. The number of fused-ring (bicyclic) bond motifs is 2. The lowest BCUT2D eigenvalue weighted by atomic mass is 9.99. The fourth-order valence-electron chi connectivity index (χ4n) is 5.51. The molecule has 1 atom stereocenters. The van der Waals surface area contributed by atoms with Gasteiger partial charge in [-0.3, -0.25) is 9.79 Å². The van der Waals surface area contributed by atoms with Crippen LogP contribution in [0.2, 0.25) is 5.02 Å². The van der Waals surface area contributed by atoms with E-state index in [-0.39, 0.29) is 5.92 Å². The van der Waals surface area contributed by atoms with E-state index in [1.807, 2.05) is 12.3 Å². The highest BCUT2D eigenvalue weighted by Crippen LogP contribution is 2.34. The molecular weight excluding hydrogens is 470 g/mol. The molecule has 2 fully saturated rings. The average Bonchev–Trinajstić information content (AvgIpc) is 3.30. The summed E-state index contributed by atoms with van der Waals surface area (Å²) in [6.07, 6.45) is 6.74. The molecule has 0 spiro atoms. The third-order valence-corrected chi connectivity index (χ3v) is 7.83. The van der Waals surface area contributed by atoms with E-state index < -0.39 is 0 Å². The average molecular weight is 496 g/mol. The Labute approximate surface area is 214 Å². The van der Waals surface area contributed by atoms with Crippen molar-refractivity contribution in [3.63, 3.8) is 0 Å². The summed E-state index contributed by atoms with van der Waals surface area (Å²) in [5.74, 6) is 1.88. The van der Waals surface area contributed by atoms with Gasteiger partial charge in [-0.25, -0.2) is 9.97 Å². The zero-order valence-electron chi connectivity index (χ0n) is 19.9. The molecule has 1 aliphatic carbocycles. The van der Waals surface area contributed by atoms with Gasteiger partial charge in [-0.2, -0.15) is 0 Å². The van der Waals surface area contributed by atoms with Gasteiger partial charge in [0.25, 0.3) is 0 Å². The molecule has 3 aliphatic rings. The van der Waals surface area contributed by atoms with Gasteiger partial charge in [0.15, 0.2) is 5.65 Å². The van der Waals surface area contributed by atoms with Crippen molar-refractivity contribution >= 4 is 34.9 Å². The van der Waals surface area contributed by atoms with Crippen molar-refractivity contribution in [1.82, 2.24) is 19.4 Å². The predicted octanol–water partition coefficient (Wildman–Crippen LogP) is 5.61. The van der Waals surface area contributed by atoms with Crippen LogP contribution in [0.1, 0.15) is 30.4 Å². The first-order chi connectivity index (χ1) is 17.6. The number of aliphatic imine (C=N–C) groups is 1. The van der Waals surface area contributed by atoms with E-state index in [2.05, 4.69) is 61.9 Å². The molecule has 4 aromatic rings. The Morgan fingerprint density at radius 3 is 2.64 bits per heavy atom. The first-order valence-corrected chi connectivity index (χ1v) is 13.0. The molecule has 0 bridgehead atoms. The Morgan fingerprint density at radius 2 is 1.81 bits per heavy atom. The maximum absolute atomic E-state index is 12.6. The summed E-state index contributed by atoms with van der Waals surface area (Å²) in [4.78, 5) is 28.6. The van der Waals surface area contributed by atoms with Crippen LogP contribution in [0.15, 0.2) is 59.7 Å². The van der Waals surface area contributed by atoms with Crippen LogP contribution in [0.3, 0.4) is 0 Å². The van der Waals surface area contributed by atoms with Crippen LogP contribution < -0.4 is 0 Å². The monoisotopic (exact) mass is 495 g/mol. The molecule has 1 saturated carbocycles. The molecule has 7 heteroatoms. The number of carbonyl (C=O) groups is 1. The van der Waals surface area contributed by atoms with Crippen LogP contribution in [0, 0.1) is 11.8 Å². The van der Waals surface area contributed by atoms with Crippen LogP contribution in [0.4, 0.5) is 0 Å². The van der Waals surface area contributed by atoms with E-state index in [0.717, 1.165) is 68.0 Å². The van der Waals surface area contributed by atoms with Crippen LogP contribution in [0.25, 0.3) is 33.7 Å². The normalized spacial score (nSPS) is 18.8. The second-order valence-electron chi connectivity index (χ2n) is 10.2. The fraction of sp³-hybridized carbons (Fsp3) is 0.310. The van der Waals surface area contributed by atoms with E-state index in [9.17, 15) is 4.79 Å². The first kappa shape index (κ1) is 21.7. The molecule has 7 rings (SSSR count). The quantitative estimate of drug-likeness (QED) is 0.361. The number of likely N-dealkylation sites (tertiary alicyclic amines) is 1. The van der Waals surface area contributed by atoms with Gasteiger partial charge in [0.2, 0.25) is 5.91 Å². The van der Waals surface area contributed by atoms with Crippen molar-refractivity contribution in [1.29, 1.82) is 0 Å². The molecule has 1 saturated heterocycles. The van der Waals surface area contributed by atoms with E-state index in [1.54, 1.807) is 6.20 Å². The Kier molecular flexibility index (Phi) is 5.17. The number of hydrogen-bond donors (Lipinski definition) is 0. The number of rotatable bonds is 5. The van der Waals surface area contributed by atoms with E-state index in [4.69, 9.17) is 16.6 Å². The summed E-state index contributed by atoms with van der Waals surface area (Å²) < 4.78 is 2.21. The number of aromatic nitrogens is 3. The standard InChI is InChI=1S/C29H26ClN5O/c30-25-12-26-28(32-15-25)35(17-18-9-10-34(16-18)29(36)21-5-6-21)27(33-26)20-3-1-19(2-4-20)22-7-8-23-13-31-14-24(23)11-22/h1-4,7-8,11-13,15,18,21H,5-6,9-10,14,16-17H2/t18-/m1/s1. The lowest BCUT2D eigenvalue weighted by Gasteiger charge is -2.17. The number of amides is 1. The molecule has 6 nitrogen and oxygen atoms in total. The number of halogens is 1. The first-order valence-electron chi connectivity index (χ1n) is 12.7. The minimum absolute atomic E-state index is 0.272. The second kappa shape index (κ2) is 8.56. The topological polar surface area (TPSA) is 63.4 Å². The van der Waals surface area contributed by atoms with Crippen molar-refractivity contribution < 1.29 is 4.79 Å². The maximum atomic E-state index is 12.6. The largest absolute Gasteiger partial charge is 0.342 e.